The van der Waals surface area contributed by atoms with E-state index in [1.165, 1.54) is 0 Å². The molecule has 0 radical (unpaired) electrons. The van der Waals surface area contributed by atoms with E-state index in [0.717, 1.165) is 19.2 Å². The molecule has 0 unspecified atom stereocenters. The van der Waals surface area contributed by atoms with E-state index in [1.54, 1.807) is 0 Å². The lowest BCUT2D eigenvalue weighted by Crippen LogP contribution is -2.24. The SMILES string of the molecule is COC(=O)CS(=O)(=O)Nc1ccc(F)cc1C(=O)O. The summed E-state index contributed by atoms with van der Waals surface area (Å²) in [4.78, 5) is 21.7. The number of hydrogen-bond acceptors (Lipinski definition) is 5. The zero-order valence-corrected chi connectivity index (χ0v) is 10.5. The first-order chi connectivity index (χ1) is 8.75. The smallest absolute Gasteiger partial charge is 0.337 e. The van der Waals surface area contributed by atoms with Crippen LogP contribution in [0.4, 0.5) is 10.1 Å². The molecule has 0 aliphatic rings. The molecule has 0 aromatic heterocycles. The molecule has 0 amide bonds. The van der Waals surface area contributed by atoms with Gasteiger partial charge in [0, 0.05) is 0 Å². The Labute approximate surface area is 108 Å². The molecule has 7 nitrogen and oxygen atoms in total. The fraction of sp³-hybridized carbons (Fsp3) is 0.200. The van der Waals surface area contributed by atoms with E-state index < -0.39 is 39.1 Å². The van der Waals surface area contributed by atoms with Gasteiger partial charge >= 0.3 is 11.9 Å². The van der Waals surface area contributed by atoms with Crippen LogP contribution in [0.25, 0.3) is 0 Å². The summed E-state index contributed by atoms with van der Waals surface area (Å²) < 4.78 is 42.0. The molecule has 0 atom stereocenters. The standard InChI is InChI=1S/C10H10FNO6S/c1-18-9(13)5-19(16,17)12-8-3-2-6(11)4-7(8)10(14)15/h2-4,12H,5H2,1H3,(H,14,15). The molecule has 2 N–H and O–H groups in total. The third kappa shape index (κ3) is 4.21. The van der Waals surface area contributed by atoms with Crippen LogP contribution in [0.15, 0.2) is 18.2 Å². The molecule has 0 spiro atoms. The second kappa shape index (κ2) is 5.65. The third-order valence-corrected chi connectivity index (χ3v) is 3.16. The van der Waals surface area contributed by atoms with E-state index in [1.807, 2.05) is 4.72 Å². The average molecular weight is 291 g/mol. The van der Waals surface area contributed by atoms with Crippen molar-refractivity contribution in [2.45, 2.75) is 0 Å². The van der Waals surface area contributed by atoms with Crippen LogP contribution in [-0.2, 0) is 19.6 Å². The van der Waals surface area contributed by atoms with Gasteiger partial charge in [-0.25, -0.2) is 17.6 Å². The lowest BCUT2D eigenvalue weighted by Gasteiger charge is -2.09. The number of halogens is 1. The number of aromatic carboxylic acids is 1. The first-order valence-corrected chi connectivity index (χ1v) is 6.50. The molecule has 0 fully saturated rings. The minimum atomic E-state index is -4.13. The lowest BCUT2D eigenvalue weighted by atomic mass is 10.2. The highest BCUT2D eigenvalue weighted by Crippen LogP contribution is 2.18. The summed E-state index contributed by atoms with van der Waals surface area (Å²) in [6, 6.07) is 2.51. The Kier molecular flexibility index (Phi) is 4.43. The van der Waals surface area contributed by atoms with Gasteiger partial charge in [0.25, 0.3) is 0 Å². The Morgan fingerprint density at radius 2 is 2.05 bits per heavy atom. The van der Waals surface area contributed by atoms with Crippen LogP contribution >= 0.6 is 0 Å². The van der Waals surface area contributed by atoms with Crippen LogP contribution in [0.5, 0.6) is 0 Å². The molecule has 0 bridgehead atoms. The maximum atomic E-state index is 12.9. The third-order valence-electron chi connectivity index (χ3n) is 2.01. The summed E-state index contributed by atoms with van der Waals surface area (Å²) in [7, 11) is -3.11. The monoisotopic (exact) mass is 291 g/mol. The maximum absolute atomic E-state index is 12.9. The molecule has 9 heteroatoms. The average Bonchev–Trinajstić information content (AvgIpc) is 2.30. The molecule has 0 saturated carbocycles. The summed E-state index contributed by atoms with van der Waals surface area (Å²) >= 11 is 0. The normalized spacial score (nSPS) is 10.8. The minimum Gasteiger partial charge on any atom is -0.478 e. The van der Waals surface area contributed by atoms with E-state index >= 15 is 0 Å². The summed E-state index contributed by atoms with van der Waals surface area (Å²) in [6.45, 7) is 0. The van der Waals surface area contributed by atoms with Gasteiger partial charge in [0.1, 0.15) is 5.82 Å². The minimum absolute atomic E-state index is 0.335. The number of hydrogen-bond donors (Lipinski definition) is 2. The van der Waals surface area contributed by atoms with Crippen LogP contribution in [0.3, 0.4) is 0 Å². The van der Waals surface area contributed by atoms with E-state index in [2.05, 4.69) is 4.74 Å². The summed E-state index contributed by atoms with van der Waals surface area (Å²) in [5, 5.41) is 8.82. The largest absolute Gasteiger partial charge is 0.478 e. The van der Waals surface area contributed by atoms with Crippen LogP contribution < -0.4 is 4.72 Å². The summed E-state index contributed by atoms with van der Waals surface area (Å²) in [5.74, 6) is -4.31. The van der Waals surface area contributed by atoms with Gasteiger partial charge in [-0.05, 0) is 18.2 Å². The Morgan fingerprint density at radius 3 is 2.58 bits per heavy atom. The highest BCUT2D eigenvalue weighted by molar-refractivity contribution is 7.93. The van der Waals surface area contributed by atoms with Crippen molar-refractivity contribution in [1.29, 1.82) is 0 Å². The molecule has 19 heavy (non-hydrogen) atoms. The molecule has 1 aromatic rings. The number of benzene rings is 1. The number of carboxylic acid groups (broad SMARTS) is 1. The van der Waals surface area contributed by atoms with Crippen molar-refractivity contribution in [3.05, 3.63) is 29.6 Å². The highest BCUT2D eigenvalue weighted by Gasteiger charge is 2.20. The Balaban J connectivity index is 3.06. The number of carboxylic acids is 1. The van der Waals surface area contributed by atoms with Crippen molar-refractivity contribution < 1.29 is 32.2 Å². The first kappa shape index (κ1) is 14.9. The number of carbonyl (C=O) groups is 2. The number of ether oxygens (including phenoxy) is 1. The second-order valence-electron chi connectivity index (χ2n) is 3.43. The van der Waals surface area contributed by atoms with Crippen LogP contribution in [0.2, 0.25) is 0 Å². The van der Waals surface area contributed by atoms with Crippen molar-refractivity contribution in [2.24, 2.45) is 0 Å². The van der Waals surface area contributed by atoms with Gasteiger partial charge in [-0.3, -0.25) is 9.52 Å². The summed E-state index contributed by atoms with van der Waals surface area (Å²) in [5.41, 5.74) is -0.897. The van der Waals surface area contributed by atoms with Gasteiger partial charge in [-0.15, -0.1) is 0 Å². The molecule has 0 saturated heterocycles. The van der Waals surface area contributed by atoms with Crippen molar-refractivity contribution in [3.8, 4) is 0 Å². The molecule has 1 aromatic carbocycles. The maximum Gasteiger partial charge on any atom is 0.337 e. The van der Waals surface area contributed by atoms with Gasteiger partial charge in [-0.2, -0.15) is 0 Å². The molecule has 104 valence electrons. The second-order valence-corrected chi connectivity index (χ2v) is 5.15. The number of nitrogens with one attached hydrogen (secondary N) is 1. The van der Waals surface area contributed by atoms with E-state index in [9.17, 15) is 22.4 Å². The molecule has 0 heterocycles. The number of esters is 1. The Bertz CT molecular complexity index is 612. The van der Waals surface area contributed by atoms with Crippen molar-refractivity contribution >= 4 is 27.6 Å². The van der Waals surface area contributed by atoms with Crippen LogP contribution in [0, 0.1) is 5.82 Å². The quantitative estimate of drug-likeness (QED) is 0.762. The predicted octanol–water partition coefficient (Wildman–Crippen LogP) is 0.439. The molecule has 0 aliphatic carbocycles. The zero-order chi connectivity index (χ0) is 14.6. The Morgan fingerprint density at radius 1 is 1.42 bits per heavy atom. The number of rotatable bonds is 5. The highest BCUT2D eigenvalue weighted by atomic mass is 32.2. The number of anilines is 1. The topological polar surface area (TPSA) is 110 Å². The lowest BCUT2D eigenvalue weighted by molar-refractivity contribution is -0.137. The van der Waals surface area contributed by atoms with Gasteiger partial charge in [0.05, 0.1) is 18.4 Å². The number of methoxy groups -OCH3 is 1. The molecule has 1 rings (SSSR count). The van der Waals surface area contributed by atoms with E-state index in [4.69, 9.17) is 5.11 Å². The van der Waals surface area contributed by atoms with Crippen molar-refractivity contribution in [3.63, 3.8) is 0 Å². The molecular weight excluding hydrogens is 281 g/mol. The van der Waals surface area contributed by atoms with Gasteiger partial charge in [0.15, 0.2) is 5.75 Å². The Hall–Kier alpha value is -2.16. The fourth-order valence-electron chi connectivity index (χ4n) is 1.20. The van der Waals surface area contributed by atoms with E-state index in [-0.39, 0.29) is 5.69 Å². The van der Waals surface area contributed by atoms with Gasteiger partial charge in [0.2, 0.25) is 10.0 Å². The zero-order valence-electron chi connectivity index (χ0n) is 9.71. The van der Waals surface area contributed by atoms with Gasteiger partial charge < -0.3 is 9.84 Å². The van der Waals surface area contributed by atoms with Crippen molar-refractivity contribution in [1.82, 2.24) is 0 Å². The van der Waals surface area contributed by atoms with Crippen LogP contribution in [-0.4, -0.2) is 38.3 Å². The first-order valence-electron chi connectivity index (χ1n) is 4.85. The number of carbonyl (C=O) groups excluding carboxylic acids is 1. The molecule has 0 aliphatic heterocycles. The summed E-state index contributed by atoms with van der Waals surface area (Å²) in [6.07, 6.45) is 0. The van der Waals surface area contributed by atoms with Gasteiger partial charge in [-0.1, -0.05) is 0 Å². The number of sulfonamides is 1. The van der Waals surface area contributed by atoms with E-state index in [0.29, 0.717) is 6.07 Å². The fourth-order valence-corrected chi connectivity index (χ4v) is 2.21. The van der Waals surface area contributed by atoms with Crippen LogP contribution in [0.1, 0.15) is 10.4 Å². The molecular formula is C10H10FNO6S. The van der Waals surface area contributed by atoms with Crippen molar-refractivity contribution in [2.75, 3.05) is 17.6 Å². The predicted molar refractivity (Wildman–Crippen MR) is 62.8 cm³/mol.